The van der Waals surface area contributed by atoms with Crippen molar-refractivity contribution < 1.29 is 13.9 Å². The molecule has 1 fully saturated rings. The molecule has 0 aromatic heterocycles. The highest BCUT2D eigenvalue weighted by molar-refractivity contribution is 5.21. The molecule has 0 aliphatic heterocycles. The van der Waals surface area contributed by atoms with Gasteiger partial charge < -0.3 is 5.11 Å². The van der Waals surface area contributed by atoms with Crippen molar-refractivity contribution in [2.45, 2.75) is 57.5 Å². The summed E-state index contributed by atoms with van der Waals surface area (Å²) in [5.41, 5.74) is -0.910. The Morgan fingerprint density at radius 1 is 1.21 bits per heavy atom. The van der Waals surface area contributed by atoms with E-state index in [2.05, 4.69) is 6.92 Å². The second-order valence-electron chi connectivity index (χ2n) is 5.83. The van der Waals surface area contributed by atoms with Gasteiger partial charge in [-0.1, -0.05) is 25.8 Å². The van der Waals surface area contributed by atoms with Crippen LogP contribution in [0.2, 0.25) is 0 Å². The molecule has 0 unspecified atom stereocenters. The summed E-state index contributed by atoms with van der Waals surface area (Å²) >= 11 is 0. The topological polar surface area (TPSA) is 20.2 Å². The highest BCUT2D eigenvalue weighted by atomic mass is 19.1. The molecule has 3 heteroatoms. The van der Waals surface area contributed by atoms with Crippen LogP contribution in [0.25, 0.3) is 0 Å². The monoisotopic (exact) mass is 268 g/mol. The number of rotatable bonds is 4. The molecule has 1 aromatic rings. The van der Waals surface area contributed by atoms with Crippen LogP contribution in [0.4, 0.5) is 8.78 Å². The zero-order valence-electron chi connectivity index (χ0n) is 11.5. The number of hydrogen-bond acceptors (Lipinski definition) is 1. The normalized spacial score (nSPS) is 27.5. The molecule has 0 bridgehead atoms. The lowest BCUT2D eigenvalue weighted by Gasteiger charge is -2.36. The highest BCUT2D eigenvalue weighted by Crippen LogP contribution is 2.37. The number of halogens is 2. The Hall–Kier alpha value is -0.960. The highest BCUT2D eigenvalue weighted by Gasteiger charge is 2.34. The molecule has 0 amide bonds. The van der Waals surface area contributed by atoms with E-state index in [0.29, 0.717) is 18.8 Å². The first-order chi connectivity index (χ1) is 9.04. The maximum atomic E-state index is 13.6. The van der Waals surface area contributed by atoms with E-state index in [1.165, 1.54) is 24.6 Å². The zero-order chi connectivity index (χ0) is 13.9. The minimum atomic E-state index is -0.937. The van der Waals surface area contributed by atoms with Gasteiger partial charge in [0.15, 0.2) is 0 Å². The van der Waals surface area contributed by atoms with Gasteiger partial charge in [0.2, 0.25) is 0 Å². The lowest BCUT2D eigenvalue weighted by Crippen LogP contribution is -2.36. The van der Waals surface area contributed by atoms with Crippen LogP contribution in [-0.2, 0) is 6.42 Å². The Balaban J connectivity index is 2.03. The summed E-state index contributed by atoms with van der Waals surface area (Å²) < 4.78 is 27.2. The molecule has 0 heterocycles. The van der Waals surface area contributed by atoms with E-state index in [4.69, 9.17) is 0 Å². The molecular weight excluding hydrogens is 246 g/mol. The van der Waals surface area contributed by atoms with E-state index in [1.54, 1.807) is 0 Å². The Morgan fingerprint density at radius 3 is 2.32 bits per heavy atom. The fourth-order valence-electron chi connectivity index (χ4n) is 3.12. The maximum Gasteiger partial charge on any atom is 0.129 e. The quantitative estimate of drug-likeness (QED) is 0.866. The third-order valence-corrected chi connectivity index (χ3v) is 4.30. The van der Waals surface area contributed by atoms with Crippen LogP contribution < -0.4 is 0 Å². The standard InChI is InChI=1S/C16H22F2O/c1-2-4-12-7-9-16(19,10-8-12)11-13-14(17)5-3-6-15(13)18/h3,5-6,12,19H,2,4,7-11H2,1H3. The first kappa shape index (κ1) is 14.4. The van der Waals surface area contributed by atoms with Crippen molar-refractivity contribution in [1.82, 2.24) is 0 Å². The molecule has 0 atom stereocenters. The van der Waals surface area contributed by atoms with Crippen molar-refractivity contribution >= 4 is 0 Å². The predicted molar refractivity (Wildman–Crippen MR) is 71.9 cm³/mol. The molecule has 0 spiro atoms. The SMILES string of the molecule is CCCC1CCC(O)(Cc2c(F)cccc2F)CC1. The summed E-state index contributed by atoms with van der Waals surface area (Å²) in [6.45, 7) is 2.16. The minimum Gasteiger partial charge on any atom is -0.390 e. The van der Waals surface area contributed by atoms with Crippen molar-refractivity contribution in [1.29, 1.82) is 0 Å². The average Bonchev–Trinajstić information content (AvgIpc) is 2.38. The summed E-state index contributed by atoms with van der Waals surface area (Å²) in [6, 6.07) is 3.87. The van der Waals surface area contributed by atoms with Gasteiger partial charge in [-0.15, -0.1) is 0 Å². The van der Waals surface area contributed by atoms with E-state index < -0.39 is 17.2 Å². The molecule has 1 aliphatic rings. The van der Waals surface area contributed by atoms with E-state index >= 15 is 0 Å². The number of aliphatic hydroxyl groups is 1. The minimum absolute atomic E-state index is 0.0268. The summed E-state index contributed by atoms with van der Waals surface area (Å²) in [5.74, 6) is -0.441. The fraction of sp³-hybridized carbons (Fsp3) is 0.625. The van der Waals surface area contributed by atoms with E-state index in [-0.39, 0.29) is 12.0 Å². The first-order valence-corrected chi connectivity index (χ1v) is 7.19. The average molecular weight is 268 g/mol. The Kier molecular flexibility index (Phi) is 4.56. The van der Waals surface area contributed by atoms with E-state index in [9.17, 15) is 13.9 Å². The van der Waals surface area contributed by atoms with Crippen LogP contribution in [0, 0.1) is 17.6 Å². The molecule has 106 valence electrons. The molecule has 0 saturated heterocycles. The van der Waals surface area contributed by atoms with Crippen LogP contribution in [0.1, 0.15) is 51.0 Å². The summed E-state index contributed by atoms with van der Waals surface area (Å²) in [4.78, 5) is 0. The third-order valence-electron chi connectivity index (χ3n) is 4.30. The molecule has 19 heavy (non-hydrogen) atoms. The Morgan fingerprint density at radius 2 is 1.79 bits per heavy atom. The van der Waals surface area contributed by atoms with Crippen LogP contribution in [-0.4, -0.2) is 10.7 Å². The van der Waals surface area contributed by atoms with Crippen LogP contribution >= 0.6 is 0 Å². The van der Waals surface area contributed by atoms with Gasteiger partial charge in [-0.25, -0.2) is 8.78 Å². The number of benzene rings is 1. The second-order valence-corrected chi connectivity index (χ2v) is 5.83. The van der Waals surface area contributed by atoms with Crippen LogP contribution in [0.5, 0.6) is 0 Å². The zero-order valence-corrected chi connectivity index (χ0v) is 11.5. The maximum absolute atomic E-state index is 13.6. The Bertz CT molecular complexity index is 403. The summed E-state index contributed by atoms with van der Waals surface area (Å²) in [5, 5.41) is 10.5. The molecule has 1 aromatic carbocycles. The molecule has 1 nitrogen and oxygen atoms in total. The van der Waals surface area contributed by atoms with Gasteiger partial charge in [0.25, 0.3) is 0 Å². The summed E-state index contributed by atoms with van der Waals surface area (Å²) in [6.07, 6.45) is 5.64. The molecule has 2 rings (SSSR count). The van der Waals surface area contributed by atoms with Gasteiger partial charge in [0.05, 0.1) is 5.60 Å². The fourth-order valence-corrected chi connectivity index (χ4v) is 3.12. The lowest BCUT2D eigenvalue weighted by molar-refractivity contribution is -0.0112. The van der Waals surface area contributed by atoms with Gasteiger partial charge in [-0.3, -0.25) is 0 Å². The molecular formula is C16H22F2O. The van der Waals surface area contributed by atoms with Gasteiger partial charge in [0.1, 0.15) is 11.6 Å². The van der Waals surface area contributed by atoms with Crippen molar-refractivity contribution in [3.8, 4) is 0 Å². The lowest BCUT2D eigenvalue weighted by atomic mass is 9.74. The van der Waals surface area contributed by atoms with Crippen LogP contribution in [0.3, 0.4) is 0 Å². The van der Waals surface area contributed by atoms with Crippen molar-refractivity contribution in [3.63, 3.8) is 0 Å². The number of hydrogen-bond donors (Lipinski definition) is 1. The molecule has 1 aliphatic carbocycles. The second kappa shape index (κ2) is 6.00. The molecule has 1 saturated carbocycles. The van der Waals surface area contributed by atoms with Gasteiger partial charge in [-0.2, -0.15) is 0 Å². The van der Waals surface area contributed by atoms with Gasteiger partial charge in [-0.05, 0) is 43.7 Å². The smallest absolute Gasteiger partial charge is 0.129 e. The predicted octanol–water partition coefficient (Wildman–Crippen LogP) is 4.23. The van der Waals surface area contributed by atoms with Crippen molar-refractivity contribution in [2.24, 2.45) is 5.92 Å². The van der Waals surface area contributed by atoms with Gasteiger partial charge >= 0.3 is 0 Å². The third kappa shape index (κ3) is 3.53. The van der Waals surface area contributed by atoms with Crippen LogP contribution in [0.15, 0.2) is 18.2 Å². The Labute approximate surface area is 113 Å². The van der Waals surface area contributed by atoms with E-state index in [0.717, 1.165) is 19.3 Å². The largest absolute Gasteiger partial charge is 0.390 e. The first-order valence-electron chi connectivity index (χ1n) is 7.19. The molecule has 1 N–H and O–H groups in total. The van der Waals surface area contributed by atoms with Crippen molar-refractivity contribution in [3.05, 3.63) is 35.4 Å². The summed E-state index contributed by atoms with van der Waals surface area (Å²) in [7, 11) is 0. The molecule has 0 radical (unpaired) electrons. The van der Waals surface area contributed by atoms with E-state index in [1.807, 2.05) is 0 Å². The van der Waals surface area contributed by atoms with Crippen molar-refractivity contribution in [2.75, 3.05) is 0 Å². The van der Waals surface area contributed by atoms with Gasteiger partial charge in [0, 0.05) is 12.0 Å².